The van der Waals surface area contributed by atoms with Crippen molar-refractivity contribution in [1.82, 2.24) is 9.97 Å². The molecule has 3 nitrogen and oxygen atoms in total. The molecule has 1 aromatic heterocycles. The maximum atomic E-state index is 13.2. The van der Waals surface area contributed by atoms with E-state index in [1.54, 1.807) is 26.1 Å². The molecule has 94 valence electrons. The Kier molecular flexibility index (Phi) is 3.73. The number of halogens is 2. The highest BCUT2D eigenvalue weighted by Gasteiger charge is 2.12. The minimum Gasteiger partial charge on any atom is -0.389 e. The van der Waals surface area contributed by atoms with Crippen molar-refractivity contribution < 1.29 is 9.50 Å². The number of aliphatic hydroxyl groups is 1. The molecule has 1 atom stereocenters. The van der Waals surface area contributed by atoms with Gasteiger partial charge in [-0.3, -0.25) is 0 Å². The van der Waals surface area contributed by atoms with Crippen LogP contribution in [0.25, 0.3) is 11.4 Å². The van der Waals surface area contributed by atoms with Gasteiger partial charge in [-0.15, -0.1) is 0 Å². The van der Waals surface area contributed by atoms with Crippen LogP contribution in [0.1, 0.15) is 24.3 Å². The van der Waals surface area contributed by atoms with Gasteiger partial charge >= 0.3 is 0 Å². The number of nitrogens with zero attached hydrogens (tertiary/aromatic N) is 2. The molecular formula is C13H12BrFN2O. The van der Waals surface area contributed by atoms with Gasteiger partial charge in [-0.25, -0.2) is 14.4 Å². The van der Waals surface area contributed by atoms with E-state index in [0.717, 1.165) is 4.47 Å². The van der Waals surface area contributed by atoms with Gasteiger partial charge in [0.1, 0.15) is 5.82 Å². The van der Waals surface area contributed by atoms with E-state index in [9.17, 15) is 9.50 Å². The lowest BCUT2D eigenvalue weighted by Gasteiger charge is -2.10. The Hall–Kier alpha value is -1.33. The zero-order valence-corrected chi connectivity index (χ0v) is 11.6. The van der Waals surface area contributed by atoms with E-state index in [1.165, 1.54) is 12.1 Å². The molecule has 0 aliphatic rings. The van der Waals surface area contributed by atoms with Crippen LogP contribution in [0.5, 0.6) is 0 Å². The molecule has 0 amide bonds. The van der Waals surface area contributed by atoms with Crippen molar-refractivity contribution in [3.8, 4) is 11.4 Å². The molecule has 1 heterocycles. The minimum absolute atomic E-state index is 0.339. The largest absolute Gasteiger partial charge is 0.389 e. The molecule has 0 bridgehead atoms. The Morgan fingerprint density at radius 3 is 2.72 bits per heavy atom. The molecule has 0 aliphatic heterocycles. The van der Waals surface area contributed by atoms with Gasteiger partial charge in [-0.2, -0.15) is 0 Å². The second-order valence-corrected chi connectivity index (χ2v) is 4.89. The minimum atomic E-state index is -0.616. The molecule has 0 aliphatic carbocycles. The fourth-order valence-electron chi connectivity index (χ4n) is 1.69. The van der Waals surface area contributed by atoms with Crippen molar-refractivity contribution in [2.45, 2.75) is 20.0 Å². The van der Waals surface area contributed by atoms with Crippen LogP contribution in [0.4, 0.5) is 4.39 Å². The van der Waals surface area contributed by atoms with Crippen molar-refractivity contribution in [2.75, 3.05) is 0 Å². The van der Waals surface area contributed by atoms with Crippen molar-refractivity contribution in [1.29, 1.82) is 0 Å². The van der Waals surface area contributed by atoms with Crippen LogP contribution in [0, 0.1) is 12.7 Å². The summed E-state index contributed by atoms with van der Waals surface area (Å²) in [6.07, 6.45) is 0.953. The highest BCUT2D eigenvalue weighted by molar-refractivity contribution is 9.10. The molecule has 1 aromatic carbocycles. The van der Waals surface area contributed by atoms with Crippen molar-refractivity contribution in [3.63, 3.8) is 0 Å². The normalized spacial score (nSPS) is 12.5. The fourth-order valence-corrected chi connectivity index (χ4v) is 2.11. The van der Waals surface area contributed by atoms with Gasteiger partial charge < -0.3 is 5.11 Å². The van der Waals surface area contributed by atoms with Gasteiger partial charge in [0.2, 0.25) is 0 Å². The number of hydrogen-bond donors (Lipinski definition) is 1. The highest BCUT2D eigenvalue weighted by Crippen LogP contribution is 2.27. The molecule has 0 spiro atoms. The second-order valence-electron chi connectivity index (χ2n) is 4.03. The van der Waals surface area contributed by atoms with Crippen molar-refractivity contribution in [3.05, 3.63) is 45.9 Å². The predicted molar refractivity (Wildman–Crippen MR) is 70.5 cm³/mol. The summed E-state index contributed by atoms with van der Waals surface area (Å²) in [5.74, 6) is 0.0948. The average Bonchev–Trinajstić information content (AvgIpc) is 2.31. The highest BCUT2D eigenvalue weighted by atomic mass is 79.9. The van der Waals surface area contributed by atoms with Gasteiger partial charge in [0.05, 0.1) is 6.10 Å². The maximum absolute atomic E-state index is 13.2. The van der Waals surface area contributed by atoms with E-state index < -0.39 is 6.10 Å². The summed E-state index contributed by atoms with van der Waals surface area (Å²) in [6.45, 7) is 3.45. The Bertz CT molecular complexity index is 587. The van der Waals surface area contributed by atoms with Crippen LogP contribution in [0.15, 0.2) is 28.9 Å². The van der Waals surface area contributed by atoms with E-state index >= 15 is 0 Å². The van der Waals surface area contributed by atoms with Crippen LogP contribution in [-0.2, 0) is 0 Å². The lowest BCUT2D eigenvalue weighted by molar-refractivity contribution is 0.197. The van der Waals surface area contributed by atoms with Gasteiger partial charge in [-0.1, -0.05) is 15.9 Å². The molecule has 0 radical (unpaired) electrons. The summed E-state index contributed by atoms with van der Waals surface area (Å²) in [5.41, 5.74) is 1.95. The van der Waals surface area contributed by atoms with Gasteiger partial charge in [-0.05, 0) is 32.0 Å². The number of aliphatic hydroxyl groups excluding tert-OH is 1. The summed E-state index contributed by atoms with van der Waals surface area (Å²) < 4.78 is 14.0. The molecule has 0 saturated heterocycles. The average molecular weight is 311 g/mol. The zero-order chi connectivity index (χ0) is 13.3. The van der Waals surface area contributed by atoms with E-state index in [0.29, 0.717) is 22.6 Å². The Morgan fingerprint density at radius 2 is 2.11 bits per heavy atom. The van der Waals surface area contributed by atoms with Crippen molar-refractivity contribution in [2.24, 2.45) is 0 Å². The molecule has 18 heavy (non-hydrogen) atoms. The van der Waals surface area contributed by atoms with E-state index in [-0.39, 0.29) is 5.82 Å². The summed E-state index contributed by atoms with van der Waals surface area (Å²) in [5, 5.41) is 9.52. The molecule has 2 aromatic rings. The van der Waals surface area contributed by atoms with Crippen molar-refractivity contribution >= 4 is 15.9 Å². The first-order chi connectivity index (χ1) is 8.49. The Morgan fingerprint density at radius 1 is 1.39 bits per heavy atom. The van der Waals surface area contributed by atoms with Crippen LogP contribution < -0.4 is 0 Å². The van der Waals surface area contributed by atoms with Gasteiger partial charge in [0.25, 0.3) is 0 Å². The fraction of sp³-hybridized carbons (Fsp3) is 0.231. The van der Waals surface area contributed by atoms with E-state index in [1.807, 2.05) is 0 Å². The molecule has 1 N–H and O–H groups in total. The second kappa shape index (κ2) is 5.12. The number of benzene rings is 1. The number of aryl methyl sites for hydroxylation is 1. The quantitative estimate of drug-likeness (QED) is 0.924. The summed E-state index contributed by atoms with van der Waals surface area (Å²) >= 11 is 3.34. The van der Waals surface area contributed by atoms with Crippen LogP contribution >= 0.6 is 15.9 Å². The van der Waals surface area contributed by atoms with Crippen LogP contribution in [0.2, 0.25) is 0 Å². The zero-order valence-electron chi connectivity index (χ0n) is 9.98. The summed E-state index contributed by atoms with van der Waals surface area (Å²) in [6, 6.07) is 4.36. The van der Waals surface area contributed by atoms with E-state index in [4.69, 9.17) is 0 Å². The molecule has 5 heteroatoms. The summed E-state index contributed by atoms with van der Waals surface area (Å²) in [7, 11) is 0. The van der Waals surface area contributed by atoms with Crippen LogP contribution in [-0.4, -0.2) is 15.1 Å². The third kappa shape index (κ3) is 2.57. The lowest BCUT2D eigenvalue weighted by atomic mass is 10.1. The molecule has 0 fully saturated rings. The SMILES string of the molecule is Cc1nc(-c2cc(F)ccc2Br)ncc1[C@H](C)O. The first-order valence-corrected chi connectivity index (χ1v) is 6.25. The molecule has 0 saturated carbocycles. The molecule has 2 rings (SSSR count). The Balaban J connectivity index is 2.52. The summed E-state index contributed by atoms with van der Waals surface area (Å²) in [4.78, 5) is 8.46. The number of rotatable bonds is 2. The molecule has 0 unspecified atom stereocenters. The first kappa shape index (κ1) is 13.1. The standard InChI is InChI=1S/C13H12BrFN2O/c1-7-11(8(2)18)6-16-13(17-7)10-5-9(15)3-4-12(10)14/h3-6,8,18H,1-2H3/t8-/m0/s1. The van der Waals surface area contributed by atoms with E-state index in [2.05, 4.69) is 25.9 Å². The predicted octanol–water partition coefficient (Wildman–Crippen LogP) is 3.41. The smallest absolute Gasteiger partial charge is 0.160 e. The Labute approximate surface area is 113 Å². The monoisotopic (exact) mass is 310 g/mol. The van der Waals surface area contributed by atoms with Gasteiger partial charge in [0.15, 0.2) is 5.82 Å². The lowest BCUT2D eigenvalue weighted by Crippen LogP contribution is -2.01. The number of hydrogen-bond acceptors (Lipinski definition) is 3. The maximum Gasteiger partial charge on any atom is 0.160 e. The van der Waals surface area contributed by atoms with Crippen LogP contribution in [0.3, 0.4) is 0 Å². The van der Waals surface area contributed by atoms with Gasteiger partial charge in [0, 0.05) is 27.5 Å². The topological polar surface area (TPSA) is 46.0 Å². The third-order valence-electron chi connectivity index (χ3n) is 2.64. The third-order valence-corrected chi connectivity index (χ3v) is 3.33. The molecular weight excluding hydrogens is 299 g/mol. The first-order valence-electron chi connectivity index (χ1n) is 5.46. The number of aromatic nitrogens is 2.